The maximum Gasteiger partial charge on any atom is 0.240 e. The number of hydrogen-bond acceptors (Lipinski definition) is 6. The fraction of sp³-hybridized carbons (Fsp3) is 0.333. The third kappa shape index (κ3) is 2.66. The Morgan fingerprint density at radius 1 is 1.40 bits per heavy atom. The van der Waals surface area contributed by atoms with Crippen molar-refractivity contribution in [2.45, 2.75) is 18.2 Å². The molecule has 108 valence electrons. The van der Waals surface area contributed by atoms with Crippen molar-refractivity contribution in [2.75, 3.05) is 14.2 Å². The summed E-state index contributed by atoms with van der Waals surface area (Å²) in [5.41, 5.74) is 0.465. The van der Waals surface area contributed by atoms with Gasteiger partial charge >= 0.3 is 0 Å². The smallest absolute Gasteiger partial charge is 0.240 e. The zero-order valence-corrected chi connectivity index (χ0v) is 12.2. The molecule has 0 unspecified atom stereocenters. The van der Waals surface area contributed by atoms with Crippen molar-refractivity contribution in [1.82, 2.24) is 14.9 Å². The Kier molecular flexibility index (Phi) is 4.05. The lowest BCUT2D eigenvalue weighted by atomic mass is 10.2. The summed E-state index contributed by atoms with van der Waals surface area (Å²) in [5, 5.41) is 3.83. The van der Waals surface area contributed by atoms with Crippen LogP contribution in [0, 0.1) is 0 Å². The molecule has 1 heterocycles. The molecule has 0 amide bonds. The van der Waals surface area contributed by atoms with Gasteiger partial charge in [0.1, 0.15) is 5.75 Å². The van der Waals surface area contributed by atoms with E-state index in [0.717, 1.165) is 0 Å². The van der Waals surface area contributed by atoms with Gasteiger partial charge < -0.3 is 9.26 Å². The van der Waals surface area contributed by atoms with Crippen molar-refractivity contribution in [1.29, 1.82) is 0 Å². The molecule has 2 rings (SSSR count). The zero-order chi connectivity index (χ0) is 14.8. The number of benzene rings is 1. The van der Waals surface area contributed by atoms with Gasteiger partial charge in [0, 0.05) is 6.42 Å². The molecule has 0 aliphatic rings. The molecule has 0 bridgehead atoms. The maximum atomic E-state index is 11.8. The molecule has 8 heteroatoms. The highest BCUT2D eigenvalue weighted by Gasteiger charge is 2.18. The van der Waals surface area contributed by atoms with Crippen LogP contribution >= 0.6 is 0 Å². The van der Waals surface area contributed by atoms with Gasteiger partial charge in [-0.2, -0.15) is 4.98 Å². The second kappa shape index (κ2) is 5.59. The molecule has 0 saturated heterocycles. The summed E-state index contributed by atoms with van der Waals surface area (Å²) < 4.78 is 36.2. The van der Waals surface area contributed by atoms with E-state index in [0.29, 0.717) is 29.4 Å². The maximum absolute atomic E-state index is 11.8. The van der Waals surface area contributed by atoms with Crippen LogP contribution in [0.1, 0.15) is 12.8 Å². The van der Waals surface area contributed by atoms with Crippen LogP contribution in [0.4, 0.5) is 0 Å². The summed E-state index contributed by atoms with van der Waals surface area (Å²) in [6.07, 6.45) is 0.601. The number of aromatic nitrogens is 2. The van der Waals surface area contributed by atoms with E-state index in [-0.39, 0.29) is 4.90 Å². The Balaban J connectivity index is 2.58. The average Bonchev–Trinajstić information content (AvgIpc) is 2.95. The molecule has 1 N–H and O–H groups in total. The first-order valence-corrected chi connectivity index (χ1v) is 7.44. The number of hydrogen-bond donors (Lipinski definition) is 1. The standard InChI is InChI=1S/C12H15N3O4S/c1-4-11-14-12(15-19-11)9-7-8(20(16,17)13-2)5-6-10(9)18-3/h5-7,13H,4H2,1-3H3. The minimum Gasteiger partial charge on any atom is -0.496 e. The quantitative estimate of drug-likeness (QED) is 0.891. The summed E-state index contributed by atoms with van der Waals surface area (Å²) in [4.78, 5) is 4.29. The first-order chi connectivity index (χ1) is 9.51. The van der Waals surface area contributed by atoms with Crippen LogP contribution in [0.2, 0.25) is 0 Å². The summed E-state index contributed by atoms with van der Waals surface area (Å²) in [6.45, 7) is 1.89. The van der Waals surface area contributed by atoms with Crippen LogP contribution in [0.3, 0.4) is 0 Å². The van der Waals surface area contributed by atoms with Crippen molar-refractivity contribution in [2.24, 2.45) is 0 Å². The summed E-state index contributed by atoms with van der Waals surface area (Å²) >= 11 is 0. The van der Waals surface area contributed by atoms with Gasteiger partial charge in [0.25, 0.3) is 0 Å². The van der Waals surface area contributed by atoms with Crippen LogP contribution < -0.4 is 9.46 Å². The molecule has 0 aliphatic carbocycles. The molecule has 20 heavy (non-hydrogen) atoms. The highest BCUT2D eigenvalue weighted by atomic mass is 32.2. The SMILES string of the molecule is CCc1nc(-c2cc(S(=O)(=O)NC)ccc2OC)no1. The third-order valence-electron chi connectivity index (χ3n) is 2.76. The van der Waals surface area contributed by atoms with Gasteiger partial charge in [-0.15, -0.1) is 0 Å². The van der Waals surface area contributed by atoms with E-state index >= 15 is 0 Å². The largest absolute Gasteiger partial charge is 0.496 e. The summed E-state index contributed by atoms with van der Waals surface area (Å²) in [5.74, 6) is 1.25. The fourth-order valence-electron chi connectivity index (χ4n) is 1.65. The van der Waals surface area contributed by atoms with Gasteiger partial charge in [0.05, 0.1) is 17.6 Å². The predicted molar refractivity (Wildman–Crippen MR) is 71.9 cm³/mol. The number of nitrogens with zero attached hydrogens (tertiary/aromatic N) is 2. The number of ether oxygens (including phenoxy) is 1. The first kappa shape index (κ1) is 14.5. The van der Waals surface area contributed by atoms with E-state index in [1.165, 1.54) is 26.3 Å². The first-order valence-electron chi connectivity index (χ1n) is 5.96. The molecule has 0 radical (unpaired) electrons. The lowest BCUT2D eigenvalue weighted by Crippen LogP contribution is -2.18. The molecule has 2 aromatic rings. The Bertz CT molecular complexity index is 709. The Labute approximate surface area is 117 Å². The van der Waals surface area contributed by atoms with E-state index < -0.39 is 10.0 Å². The molecular formula is C12H15N3O4S. The molecular weight excluding hydrogens is 282 g/mol. The minimum atomic E-state index is -3.54. The monoisotopic (exact) mass is 297 g/mol. The molecule has 0 saturated carbocycles. The predicted octanol–water partition coefficient (Wildman–Crippen LogP) is 1.22. The molecule has 1 aromatic heterocycles. The number of methoxy groups -OCH3 is 1. The van der Waals surface area contributed by atoms with E-state index in [9.17, 15) is 8.42 Å². The van der Waals surface area contributed by atoms with Crippen molar-refractivity contribution >= 4 is 10.0 Å². The van der Waals surface area contributed by atoms with E-state index in [1.54, 1.807) is 6.07 Å². The van der Waals surface area contributed by atoms with Gasteiger partial charge in [-0.3, -0.25) is 0 Å². The van der Waals surface area contributed by atoms with E-state index in [2.05, 4.69) is 14.9 Å². The van der Waals surface area contributed by atoms with Gasteiger partial charge in [-0.25, -0.2) is 13.1 Å². The zero-order valence-electron chi connectivity index (χ0n) is 11.4. The highest BCUT2D eigenvalue weighted by Crippen LogP contribution is 2.30. The normalized spacial score (nSPS) is 11.6. The molecule has 0 atom stereocenters. The molecule has 0 spiro atoms. The fourth-order valence-corrected chi connectivity index (χ4v) is 2.41. The molecule has 7 nitrogen and oxygen atoms in total. The van der Waals surface area contributed by atoms with Crippen LogP contribution in [0.15, 0.2) is 27.6 Å². The van der Waals surface area contributed by atoms with Crippen LogP contribution in [-0.4, -0.2) is 32.7 Å². The van der Waals surface area contributed by atoms with Crippen molar-refractivity contribution < 1.29 is 17.7 Å². The van der Waals surface area contributed by atoms with Gasteiger partial charge in [0.2, 0.25) is 21.7 Å². The second-order valence-corrected chi connectivity index (χ2v) is 5.82. The van der Waals surface area contributed by atoms with Crippen molar-refractivity contribution in [3.8, 4) is 17.1 Å². The van der Waals surface area contributed by atoms with Gasteiger partial charge in [-0.05, 0) is 25.2 Å². The Hall–Kier alpha value is -1.93. The number of aryl methyl sites for hydroxylation is 1. The third-order valence-corrected chi connectivity index (χ3v) is 4.17. The Morgan fingerprint density at radius 3 is 2.70 bits per heavy atom. The lowest BCUT2D eigenvalue weighted by Gasteiger charge is -2.08. The highest BCUT2D eigenvalue weighted by molar-refractivity contribution is 7.89. The van der Waals surface area contributed by atoms with Gasteiger partial charge in [0.15, 0.2) is 0 Å². The average molecular weight is 297 g/mol. The number of nitrogens with one attached hydrogen (secondary N) is 1. The molecule has 0 aliphatic heterocycles. The van der Waals surface area contributed by atoms with Crippen molar-refractivity contribution in [3.05, 3.63) is 24.1 Å². The van der Waals surface area contributed by atoms with E-state index in [4.69, 9.17) is 9.26 Å². The summed E-state index contributed by atoms with van der Waals surface area (Å²) in [6, 6.07) is 4.46. The summed E-state index contributed by atoms with van der Waals surface area (Å²) in [7, 11) is -0.702. The van der Waals surface area contributed by atoms with Crippen LogP contribution in [0.25, 0.3) is 11.4 Å². The minimum absolute atomic E-state index is 0.110. The topological polar surface area (TPSA) is 94.3 Å². The van der Waals surface area contributed by atoms with Crippen molar-refractivity contribution in [3.63, 3.8) is 0 Å². The lowest BCUT2D eigenvalue weighted by molar-refractivity contribution is 0.382. The molecule has 1 aromatic carbocycles. The van der Waals surface area contributed by atoms with Crippen LogP contribution in [-0.2, 0) is 16.4 Å². The number of rotatable bonds is 5. The number of sulfonamides is 1. The van der Waals surface area contributed by atoms with E-state index in [1.807, 2.05) is 6.92 Å². The van der Waals surface area contributed by atoms with Gasteiger partial charge in [-0.1, -0.05) is 12.1 Å². The Morgan fingerprint density at radius 2 is 2.15 bits per heavy atom. The second-order valence-electron chi connectivity index (χ2n) is 3.93. The molecule has 0 fully saturated rings. The van der Waals surface area contributed by atoms with Crippen LogP contribution in [0.5, 0.6) is 5.75 Å².